The van der Waals surface area contributed by atoms with Crippen molar-refractivity contribution in [2.24, 2.45) is 5.73 Å². The van der Waals surface area contributed by atoms with E-state index in [9.17, 15) is 0 Å². The third kappa shape index (κ3) is 4.16. The fourth-order valence-corrected chi connectivity index (χ4v) is 2.38. The van der Waals surface area contributed by atoms with E-state index >= 15 is 0 Å². The summed E-state index contributed by atoms with van der Waals surface area (Å²) < 4.78 is 6.89. The summed E-state index contributed by atoms with van der Waals surface area (Å²) in [6.45, 7) is 1.90. The number of rotatable bonds is 6. The molecule has 2 rings (SSSR count). The van der Waals surface area contributed by atoms with E-state index in [4.69, 9.17) is 10.5 Å². The standard InChI is InChI=1S/C16H18BrNO/c17-16-8-4-3-7-15(16)12-19-11-14-6-2-1-5-13(14)9-10-18/h1-8H,9-12,18H2. The molecule has 0 fully saturated rings. The van der Waals surface area contributed by atoms with Crippen molar-refractivity contribution in [2.45, 2.75) is 19.6 Å². The highest BCUT2D eigenvalue weighted by atomic mass is 79.9. The molecule has 0 aromatic heterocycles. The fourth-order valence-electron chi connectivity index (χ4n) is 1.98. The van der Waals surface area contributed by atoms with E-state index in [0.717, 1.165) is 10.9 Å². The molecule has 0 aliphatic heterocycles. The van der Waals surface area contributed by atoms with Crippen LogP contribution in [0.1, 0.15) is 16.7 Å². The van der Waals surface area contributed by atoms with Gasteiger partial charge in [0.15, 0.2) is 0 Å². The zero-order valence-electron chi connectivity index (χ0n) is 10.8. The molecule has 0 radical (unpaired) electrons. The quantitative estimate of drug-likeness (QED) is 0.881. The van der Waals surface area contributed by atoms with Gasteiger partial charge in [0.05, 0.1) is 13.2 Å². The Bertz CT molecular complexity index is 528. The Hall–Kier alpha value is -1.16. The predicted molar refractivity (Wildman–Crippen MR) is 81.8 cm³/mol. The molecule has 100 valence electrons. The van der Waals surface area contributed by atoms with Crippen LogP contribution in [0.25, 0.3) is 0 Å². The summed E-state index contributed by atoms with van der Waals surface area (Å²) in [6.07, 6.45) is 0.897. The Morgan fingerprint density at radius 1 is 0.842 bits per heavy atom. The Morgan fingerprint density at radius 3 is 2.11 bits per heavy atom. The smallest absolute Gasteiger partial charge is 0.0732 e. The first-order valence-electron chi connectivity index (χ1n) is 6.39. The first-order valence-corrected chi connectivity index (χ1v) is 7.18. The van der Waals surface area contributed by atoms with E-state index in [-0.39, 0.29) is 0 Å². The second kappa shape index (κ2) is 7.43. The summed E-state index contributed by atoms with van der Waals surface area (Å²) in [5.41, 5.74) is 9.28. The van der Waals surface area contributed by atoms with Crippen molar-refractivity contribution < 1.29 is 4.74 Å². The maximum absolute atomic E-state index is 5.80. The molecule has 0 aliphatic rings. The number of halogens is 1. The topological polar surface area (TPSA) is 35.2 Å². The normalized spacial score (nSPS) is 10.6. The van der Waals surface area contributed by atoms with Gasteiger partial charge in [0.1, 0.15) is 0 Å². The van der Waals surface area contributed by atoms with E-state index in [0.29, 0.717) is 19.8 Å². The van der Waals surface area contributed by atoms with Gasteiger partial charge in [-0.1, -0.05) is 58.4 Å². The molecule has 0 unspecified atom stereocenters. The van der Waals surface area contributed by atoms with Gasteiger partial charge < -0.3 is 10.5 Å². The first kappa shape index (κ1) is 14.3. The lowest BCUT2D eigenvalue weighted by Gasteiger charge is -2.10. The van der Waals surface area contributed by atoms with E-state index in [2.05, 4.69) is 34.1 Å². The second-order valence-corrected chi connectivity index (χ2v) is 5.25. The molecule has 0 saturated carbocycles. The number of hydrogen-bond acceptors (Lipinski definition) is 2. The van der Waals surface area contributed by atoms with Crippen molar-refractivity contribution in [1.82, 2.24) is 0 Å². The van der Waals surface area contributed by atoms with Gasteiger partial charge in [-0.25, -0.2) is 0 Å². The largest absolute Gasteiger partial charge is 0.372 e. The maximum Gasteiger partial charge on any atom is 0.0732 e. The van der Waals surface area contributed by atoms with Crippen molar-refractivity contribution in [3.8, 4) is 0 Å². The lowest BCUT2D eigenvalue weighted by atomic mass is 10.1. The number of ether oxygens (including phenoxy) is 1. The van der Waals surface area contributed by atoms with Crippen LogP contribution in [0.3, 0.4) is 0 Å². The van der Waals surface area contributed by atoms with Gasteiger partial charge in [-0.3, -0.25) is 0 Å². The molecule has 2 nitrogen and oxygen atoms in total. The van der Waals surface area contributed by atoms with Crippen LogP contribution in [0.15, 0.2) is 53.0 Å². The highest BCUT2D eigenvalue weighted by Gasteiger charge is 2.03. The third-order valence-corrected chi connectivity index (χ3v) is 3.78. The Morgan fingerprint density at radius 2 is 1.42 bits per heavy atom. The first-order chi connectivity index (χ1) is 9.31. The highest BCUT2D eigenvalue weighted by molar-refractivity contribution is 9.10. The second-order valence-electron chi connectivity index (χ2n) is 4.39. The summed E-state index contributed by atoms with van der Waals surface area (Å²) in [4.78, 5) is 0. The summed E-state index contributed by atoms with van der Waals surface area (Å²) in [6, 6.07) is 16.4. The van der Waals surface area contributed by atoms with E-state index in [1.165, 1.54) is 16.7 Å². The fraction of sp³-hybridized carbons (Fsp3) is 0.250. The molecule has 19 heavy (non-hydrogen) atoms. The van der Waals surface area contributed by atoms with E-state index in [1.807, 2.05) is 30.3 Å². The molecular weight excluding hydrogens is 302 g/mol. The van der Waals surface area contributed by atoms with Gasteiger partial charge in [-0.15, -0.1) is 0 Å². The summed E-state index contributed by atoms with van der Waals surface area (Å²) in [5, 5.41) is 0. The van der Waals surface area contributed by atoms with Crippen molar-refractivity contribution in [2.75, 3.05) is 6.54 Å². The van der Waals surface area contributed by atoms with Crippen molar-refractivity contribution in [3.63, 3.8) is 0 Å². The molecule has 0 bridgehead atoms. The van der Waals surface area contributed by atoms with Gasteiger partial charge >= 0.3 is 0 Å². The molecule has 0 saturated heterocycles. The minimum Gasteiger partial charge on any atom is -0.372 e. The molecule has 2 aromatic rings. The Balaban J connectivity index is 1.94. The van der Waals surface area contributed by atoms with Crippen LogP contribution < -0.4 is 5.73 Å². The maximum atomic E-state index is 5.80. The van der Waals surface area contributed by atoms with Crippen LogP contribution in [0.5, 0.6) is 0 Å². The molecule has 0 spiro atoms. The van der Waals surface area contributed by atoms with Crippen LogP contribution in [0, 0.1) is 0 Å². The lowest BCUT2D eigenvalue weighted by Crippen LogP contribution is -2.06. The molecule has 0 amide bonds. The average molecular weight is 320 g/mol. The van der Waals surface area contributed by atoms with Crippen LogP contribution in [-0.4, -0.2) is 6.54 Å². The lowest BCUT2D eigenvalue weighted by molar-refractivity contribution is 0.106. The van der Waals surface area contributed by atoms with Crippen molar-refractivity contribution >= 4 is 15.9 Å². The molecular formula is C16H18BrNO. The van der Waals surface area contributed by atoms with Gasteiger partial charge in [0.25, 0.3) is 0 Å². The van der Waals surface area contributed by atoms with E-state index < -0.39 is 0 Å². The molecule has 0 atom stereocenters. The van der Waals surface area contributed by atoms with Crippen LogP contribution in [0.4, 0.5) is 0 Å². The Kier molecular flexibility index (Phi) is 5.58. The minimum atomic E-state index is 0.610. The van der Waals surface area contributed by atoms with Crippen LogP contribution >= 0.6 is 15.9 Å². The van der Waals surface area contributed by atoms with E-state index in [1.54, 1.807) is 0 Å². The molecule has 0 aliphatic carbocycles. The summed E-state index contributed by atoms with van der Waals surface area (Å²) >= 11 is 3.53. The van der Waals surface area contributed by atoms with Gasteiger partial charge in [0, 0.05) is 4.47 Å². The number of nitrogens with two attached hydrogens (primary N) is 1. The van der Waals surface area contributed by atoms with Gasteiger partial charge in [0.2, 0.25) is 0 Å². The molecule has 3 heteroatoms. The number of hydrogen-bond donors (Lipinski definition) is 1. The van der Waals surface area contributed by atoms with Gasteiger partial charge in [-0.05, 0) is 35.7 Å². The average Bonchev–Trinajstić information content (AvgIpc) is 2.43. The van der Waals surface area contributed by atoms with Gasteiger partial charge in [-0.2, -0.15) is 0 Å². The Labute approximate surface area is 122 Å². The highest BCUT2D eigenvalue weighted by Crippen LogP contribution is 2.18. The summed E-state index contributed by atoms with van der Waals surface area (Å²) in [5.74, 6) is 0. The molecule has 2 aromatic carbocycles. The predicted octanol–water partition coefficient (Wildman–Crippen LogP) is 3.67. The van der Waals surface area contributed by atoms with Crippen LogP contribution in [-0.2, 0) is 24.4 Å². The number of benzene rings is 2. The van der Waals surface area contributed by atoms with Crippen LogP contribution in [0.2, 0.25) is 0 Å². The zero-order chi connectivity index (χ0) is 13.5. The van der Waals surface area contributed by atoms with Crippen molar-refractivity contribution in [1.29, 1.82) is 0 Å². The third-order valence-electron chi connectivity index (χ3n) is 3.01. The monoisotopic (exact) mass is 319 g/mol. The zero-order valence-corrected chi connectivity index (χ0v) is 12.4. The molecule has 0 heterocycles. The SMILES string of the molecule is NCCc1ccccc1COCc1ccccc1Br. The summed E-state index contributed by atoms with van der Waals surface area (Å²) in [7, 11) is 0. The minimum absolute atomic E-state index is 0.610. The van der Waals surface area contributed by atoms with Crippen molar-refractivity contribution in [3.05, 3.63) is 69.7 Å². The molecule has 2 N–H and O–H groups in total.